The molecule has 1 aromatic carbocycles. The number of nitrogens with one attached hydrogen (secondary N) is 1. The summed E-state index contributed by atoms with van der Waals surface area (Å²) in [5.41, 5.74) is 2.77. The predicted octanol–water partition coefficient (Wildman–Crippen LogP) is 2.19. The highest BCUT2D eigenvalue weighted by Crippen LogP contribution is 2.18. The molecule has 1 aliphatic heterocycles. The van der Waals surface area contributed by atoms with Crippen molar-refractivity contribution in [3.8, 4) is 0 Å². The van der Waals surface area contributed by atoms with E-state index in [-0.39, 0.29) is 29.9 Å². The summed E-state index contributed by atoms with van der Waals surface area (Å²) in [7, 11) is 1.40. The van der Waals surface area contributed by atoms with Crippen LogP contribution in [0.2, 0.25) is 0 Å². The Morgan fingerprint density at radius 1 is 1.36 bits per heavy atom. The van der Waals surface area contributed by atoms with Gasteiger partial charge in [-0.1, -0.05) is 24.3 Å². The van der Waals surface area contributed by atoms with E-state index in [0.29, 0.717) is 13.0 Å². The monoisotopic (exact) mass is 417 g/mol. The van der Waals surface area contributed by atoms with Crippen LogP contribution < -0.4 is 5.32 Å². The van der Waals surface area contributed by atoms with Gasteiger partial charge < -0.3 is 15.0 Å². The second kappa shape index (κ2) is 9.66. The number of carbonyl (C=O) groups excluding carboxylic acids is 1. The Balaban J connectivity index is 0.00000242. The molecule has 1 N–H and O–H groups in total. The van der Waals surface area contributed by atoms with Crippen LogP contribution in [0.5, 0.6) is 0 Å². The van der Waals surface area contributed by atoms with E-state index in [0.717, 1.165) is 32.0 Å². The van der Waals surface area contributed by atoms with Crippen molar-refractivity contribution in [2.24, 2.45) is 4.99 Å². The van der Waals surface area contributed by atoms with Gasteiger partial charge in [0.2, 0.25) is 0 Å². The van der Waals surface area contributed by atoms with Gasteiger partial charge in [-0.2, -0.15) is 0 Å². The third kappa shape index (κ3) is 5.15. The van der Waals surface area contributed by atoms with Crippen LogP contribution in [0.4, 0.5) is 0 Å². The molecule has 0 unspecified atom stereocenters. The minimum Gasteiger partial charge on any atom is -0.469 e. The number of ether oxygens (including phenoxy) is 1. The molecule has 0 radical (unpaired) electrons. The first-order chi connectivity index (χ1) is 10.2. The number of hydrogen-bond acceptors (Lipinski definition) is 3. The number of guanidine groups is 1. The third-order valence-electron chi connectivity index (χ3n) is 3.57. The summed E-state index contributed by atoms with van der Waals surface area (Å²) in [4.78, 5) is 17.9. The van der Waals surface area contributed by atoms with Crippen LogP contribution in [0.15, 0.2) is 29.3 Å². The molecule has 122 valence electrons. The molecule has 0 aliphatic carbocycles. The van der Waals surface area contributed by atoms with Gasteiger partial charge in [-0.25, -0.2) is 0 Å². The zero-order chi connectivity index (χ0) is 15.1. The van der Waals surface area contributed by atoms with E-state index in [2.05, 4.69) is 44.2 Å². The van der Waals surface area contributed by atoms with Crippen molar-refractivity contribution in [2.45, 2.75) is 26.3 Å². The molecule has 0 spiro atoms. The highest BCUT2D eigenvalue weighted by Gasteiger charge is 2.18. The lowest BCUT2D eigenvalue weighted by atomic mass is 10.0. The maximum Gasteiger partial charge on any atom is 0.307 e. The quantitative estimate of drug-likeness (QED) is 0.353. The second-order valence-electron chi connectivity index (χ2n) is 5.00. The first-order valence-electron chi connectivity index (χ1n) is 7.41. The molecule has 0 aromatic heterocycles. The number of aliphatic imine (C=N–C) groups is 1. The molecule has 0 bridgehead atoms. The van der Waals surface area contributed by atoms with Crippen molar-refractivity contribution < 1.29 is 9.53 Å². The van der Waals surface area contributed by atoms with Crippen molar-refractivity contribution in [2.75, 3.05) is 26.7 Å². The molecule has 22 heavy (non-hydrogen) atoms. The minimum atomic E-state index is -0.224. The number of fused-ring (bicyclic) bond motifs is 1. The van der Waals surface area contributed by atoms with Crippen LogP contribution in [0.25, 0.3) is 0 Å². The zero-order valence-electron chi connectivity index (χ0n) is 13.2. The Morgan fingerprint density at radius 3 is 2.77 bits per heavy atom. The maximum absolute atomic E-state index is 11.2. The SMILES string of the molecule is CCNC(=NCCC(=O)OC)N1CCc2ccccc2C1.I. The third-order valence-corrected chi connectivity index (χ3v) is 3.57. The number of carbonyl (C=O) groups is 1. The van der Waals surface area contributed by atoms with E-state index < -0.39 is 0 Å². The van der Waals surface area contributed by atoms with Crippen LogP contribution in [-0.2, 0) is 22.5 Å². The number of halogens is 1. The Kier molecular flexibility index (Phi) is 8.22. The van der Waals surface area contributed by atoms with Gasteiger partial charge >= 0.3 is 5.97 Å². The summed E-state index contributed by atoms with van der Waals surface area (Å²) in [6.45, 7) is 5.12. The minimum absolute atomic E-state index is 0. The predicted molar refractivity (Wildman–Crippen MR) is 98.6 cm³/mol. The molecular weight excluding hydrogens is 393 g/mol. The van der Waals surface area contributed by atoms with E-state index in [1.54, 1.807) is 0 Å². The highest BCUT2D eigenvalue weighted by molar-refractivity contribution is 14.0. The first kappa shape index (κ1) is 18.7. The zero-order valence-corrected chi connectivity index (χ0v) is 15.5. The molecule has 2 rings (SSSR count). The fraction of sp³-hybridized carbons (Fsp3) is 0.500. The second-order valence-corrected chi connectivity index (χ2v) is 5.00. The summed E-state index contributed by atoms with van der Waals surface area (Å²) in [5, 5.41) is 3.30. The summed E-state index contributed by atoms with van der Waals surface area (Å²) < 4.78 is 4.64. The van der Waals surface area contributed by atoms with Gasteiger partial charge in [0.1, 0.15) is 0 Å². The molecule has 0 amide bonds. The van der Waals surface area contributed by atoms with Crippen LogP contribution in [0.1, 0.15) is 24.5 Å². The van der Waals surface area contributed by atoms with Gasteiger partial charge in [-0.3, -0.25) is 9.79 Å². The smallest absolute Gasteiger partial charge is 0.307 e. The largest absolute Gasteiger partial charge is 0.469 e. The summed E-state index contributed by atoms with van der Waals surface area (Å²) in [5.74, 6) is 0.648. The summed E-state index contributed by atoms with van der Waals surface area (Å²) in [6.07, 6.45) is 1.34. The fourth-order valence-corrected chi connectivity index (χ4v) is 2.46. The van der Waals surface area contributed by atoms with Crippen LogP contribution in [0.3, 0.4) is 0 Å². The molecule has 5 nitrogen and oxygen atoms in total. The normalized spacial score (nSPS) is 13.9. The average molecular weight is 417 g/mol. The van der Waals surface area contributed by atoms with Crippen LogP contribution in [-0.4, -0.2) is 43.6 Å². The Hall–Kier alpha value is -1.31. The maximum atomic E-state index is 11.2. The van der Waals surface area contributed by atoms with Gasteiger partial charge in [-0.15, -0.1) is 24.0 Å². The number of nitrogens with zero attached hydrogens (tertiary/aromatic N) is 2. The van der Waals surface area contributed by atoms with Crippen molar-refractivity contribution in [3.05, 3.63) is 35.4 Å². The molecule has 1 heterocycles. The fourth-order valence-electron chi connectivity index (χ4n) is 2.46. The molecule has 0 saturated carbocycles. The van der Waals surface area contributed by atoms with Crippen molar-refractivity contribution >= 4 is 35.9 Å². The molecule has 6 heteroatoms. The van der Waals surface area contributed by atoms with Crippen LogP contribution in [0, 0.1) is 0 Å². The van der Waals surface area contributed by atoms with Crippen molar-refractivity contribution in [1.29, 1.82) is 0 Å². The molecule has 1 aliphatic rings. The van der Waals surface area contributed by atoms with Gasteiger partial charge in [0, 0.05) is 19.6 Å². The lowest BCUT2D eigenvalue weighted by Crippen LogP contribution is -2.44. The Morgan fingerprint density at radius 2 is 2.09 bits per heavy atom. The van der Waals surface area contributed by atoms with Gasteiger partial charge in [0.15, 0.2) is 5.96 Å². The van der Waals surface area contributed by atoms with E-state index >= 15 is 0 Å². The van der Waals surface area contributed by atoms with Gasteiger partial charge in [-0.05, 0) is 24.5 Å². The average Bonchev–Trinajstić information content (AvgIpc) is 2.53. The van der Waals surface area contributed by atoms with Crippen molar-refractivity contribution in [3.63, 3.8) is 0 Å². The van der Waals surface area contributed by atoms with E-state index in [4.69, 9.17) is 0 Å². The highest BCUT2D eigenvalue weighted by atomic mass is 127. The summed E-state index contributed by atoms with van der Waals surface area (Å²) >= 11 is 0. The number of esters is 1. The topological polar surface area (TPSA) is 53.9 Å². The Bertz CT molecular complexity index is 520. The standard InChI is InChI=1S/C16H23N3O2.HI/c1-3-17-16(18-10-8-15(20)21-2)19-11-9-13-6-4-5-7-14(13)12-19;/h4-7H,3,8-12H2,1-2H3,(H,17,18);1H. The first-order valence-corrected chi connectivity index (χ1v) is 7.41. The van der Waals surface area contributed by atoms with Crippen LogP contribution >= 0.6 is 24.0 Å². The van der Waals surface area contributed by atoms with E-state index in [1.165, 1.54) is 18.2 Å². The number of methoxy groups -OCH3 is 1. The van der Waals surface area contributed by atoms with Gasteiger partial charge in [0.25, 0.3) is 0 Å². The van der Waals surface area contributed by atoms with E-state index in [9.17, 15) is 4.79 Å². The van der Waals surface area contributed by atoms with Crippen molar-refractivity contribution in [1.82, 2.24) is 10.2 Å². The number of hydrogen-bond donors (Lipinski definition) is 1. The molecule has 0 atom stereocenters. The molecular formula is C16H24IN3O2. The van der Waals surface area contributed by atoms with Gasteiger partial charge in [0.05, 0.1) is 20.1 Å². The Labute approximate surface area is 149 Å². The van der Waals surface area contributed by atoms with E-state index in [1.807, 2.05) is 6.92 Å². The molecule has 0 fully saturated rings. The number of benzene rings is 1. The molecule has 1 aromatic rings. The summed E-state index contributed by atoms with van der Waals surface area (Å²) in [6, 6.07) is 8.52. The molecule has 0 saturated heterocycles. The lowest BCUT2D eigenvalue weighted by Gasteiger charge is -2.31. The lowest BCUT2D eigenvalue weighted by molar-refractivity contribution is -0.140. The number of rotatable bonds is 4.